The van der Waals surface area contributed by atoms with Crippen LogP contribution in [0.15, 0.2) is 100 Å². The first-order chi connectivity index (χ1) is 13.9. The number of para-hydroxylation sites is 3. The molecule has 0 amide bonds. The van der Waals surface area contributed by atoms with E-state index in [-0.39, 0.29) is 17.1 Å². The van der Waals surface area contributed by atoms with Crippen molar-refractivity contribution in [3.05, 3.63) is 107 Å². The minimum absolute atomic E-state index is 0.286. The van der Waals surface area contributed by atoms with E-state index in [1.54, 1.807) is 66.7 Å². The maximum Gasteiger partial charge on any atom is 0.584 e. The molecule has 4 aromatic rings. The van der Waals surface area contributed by atoms with Crippen LogP contribution in [0.1, 0.15) is 5.56 Å². The van der Waals surface area contributed by atoms with Gasteiger partial charge in [0.25, 0.3) is 0 Å². The fourth-order valence-corrected chi connectivity index (χ4v) is 3.34. The van der Waals surface area contributed by atoms with Gasteiger partial charge < -0.3 is 13.5 Å². The maximum absolute atomic E-state index is 11.7. The molecule has 0 aliphatic rings. The van der Waals surface area contributed by atoms with E-state index >= 15 is 0 Å². The fourth-order valence-electron chi connectivity index (χ4n) is 2.52. The number of fused-ring (bicyclic) bond motifs is 1. The number of rotatable bonds is 4. The molecule has 148 valence electrons. The van der Waals surface area contributed by atoms with E-state index in [1.165, 1.54) is 6.07 Å². The van der Waals surface area contributed by atoms with Gasteiger partial charge in [0.05, 0.1) is 0 Å². The Morgan fingerprint density at radius 2 is 1.28 bits per heavy atom. The highest BCUT2D eigenvalue weighted by molar-refractivity contribution is 7.48. The van der Waals surface area contributed by atoms with Crippen molar-refractivity contribution in [2.24, 2.45) is 0 Å². The standard InChI is InChI=1S/C12H11O4P.C10H8O2/c13-17(14,15-11-7-3-1-4-8-11)16-12-9-5-2-6-10-12;1-7-6-10(11)12-9-5-3-2-4-8(7)9/h1-10H,(H,13,14);2-6H,1H3. The van der Waals surface area contributed by atoms with Gasteiger partial charge >= 0.3 is 13.4 Å². The lowest BCUT2D eigenvalue weighted by molar-refractivity contribution is 0.291. The van der Waals surface area contributed by atoms with Gasteiger partial charge in [-0.2, -0.15) is 0 Å². The third-order valence-corrected chi connectivity index (χ3v) is 4.67. The second kappa shape index (κ2) is 9.24. The molecular weight excluding hydrogens is 391 g/mol. The highest BCUT2D eigenvalue weighted by atomic mass is 31.2. The van der Waals surface area contributed by atoms with Gasteiger partial charge in [-0.25, -0.2) is 9.36 Å². The van der Waals surface area contributed by atoms with Crippen LogP contribution < -0.4 is 14.7 Å². The summed E-state index contributed by atoms with van der Waals surface area (Å²) in [4.78, 5) is 20.5. The summed E-state index contributed by atoms with van der Waals surface area (Å²) in [6.45, 7) is 1.90. The monoisotopic (exact) mass is 410 g/mol. The highest BCUT2D eigenvalue weighted by Gasteiger charge is 2.24. The number of phosphoric acid groups is 1. The van der Waals surface area contributed by atoms with Crippen molar-refractivity contribution in [2.75, 3.05) is 0 Å². The second-order valence-electron chi connectivity index (χ2n) is 6.02. The topological polar surface area (TPSA) is 86.0 Å². The Balaban J connectivity index is 0.000000176. The zero-order chi connectivity index (χ0) is 20.7. The minimum Gasteiger partial charge on any atom is -0.423 e. The van der Waals surface area contributed by atoms with Crippen LogP contribution in [-0.4, -0.2) is 4.89 Å². The minimum atomic E-state index is -4.14. The summed E-state index contributed by atoms with van der Waals surface area (Å²) in [7, 11) is -4.14. The van der Waals surface area contributed by atoms with Crippen LogP contribution in [-0.2, 0) is 4.57 Å². The fraction of sp³-hybridized carbons (Fsp3) is 0.0455. The molecule has 0 atom stereocenters. The maximum atomic E-state index is 11.7. The van der Waals surface area contributed by atoms with E-state index < -0.39 is 7.82 Å². The van der Waals surface area contributed by atoms with Gasteiger partial charge in [-0.05, 0) is 42.8 Å². The number of phosphoric ester groups is 1. The van der Waals surface area contributed by atoms with Gasteiger partial charge in [0.2, 0.25) is 0 Å². The van der Waals surface area contributed by atoms with Gasteiger partial charge in [-0.15, -0.1) is 0 Å². The molecular formula is C22H19O6P. The molecule has 4 rings (SSSR count). The van der Waals surface area contributed by atoms with Crippen LogP contribution in [0.5, 0.6) is 11.5 Å². The van der Waals surface area contributed by atoms with E-state index in [2.05, 4.69) is 0 Å². The van der Waals surface area contributed by atoms with Crippen LogP contribution in [0, 0.1) is 6.92 Å². The predicted octanol–water partition coefficient (Wildman–Crippen LogP) is 5.35. The van der Waals surface area contributed by atoms with Crippen molar-refractivity contribution in [3.63, 3.8) is 0 Å². The van der Waals surface area contributed by atoms with E-state index in [0.717, 1.165) is 10.9 Å². The van der Waals surface area contributed by atoms with E-state index in [1.807, 2.05) is 25.1 Å². The summed E-state index contributed by atoms with van der Waals surface area (Å²) < 4.78 is 26.4. The quantitative estimate of drug-likeness (QED) is 0.361. The molecule has 6 nitrogen and oxygen atoms in total. The predicted molar refractivity (Wildman–Crippen MR) is 111 cm³/mol. The smallest absolute Gasteiger partial charge is 0.423 e. The molecule has 0 fully saturated rings. The van der Waals surface area contributed by atoms with Gasteiger partial charge in [-0.3, -0.25) is 4.89 Å². The van der Waals surface area contributed by atoms with Crippen LogP contribution >= 0.6 is 7.82 Å². The third-order valence-electron chi connectivity index (χ3n) is 3.78. The number of hydrogen-bond donors (Lipinski definition) is 1. The summed E-state index contributed by atoms with van der Waals surface area (Å²) in [6, 6.07) is 25.7. The molecule has 7 heteroatoms. The Morgan fingerprint density at radius 3 is 1.83 bits per heavy atom. The molecule has 29 heavy (non-hydrogen) atoms. The summed E-state index contributed by atoms with van der Waals surface area (Å²) in [5, 5.41) is 0.997. The average Bonchev–Trinajstić information content (AvgIpc) is 2.69. The van der Waals surface area contributed by atoms with Crippen molar-refractivity contribution >= 4 is 18.8 Å². The lowest BCUT2D eigenvalue weighted by Crippen LogP contribution is -1.99. The first-order valence-corrected chi connectivity index (χ1v) is 10.2. The van der Waals surface area contributed by atoms with Crippen molar-refractivity contribution in [1.82, 2.24) is 0 Å². The number of aryl methyl sites for hydroxylation is 1. The zero-order valence-corrected chi connectivity index (χ0v) is 16.5. The van der Waals surface area contributed by atoms with Gasteiger partial charge in [0.15, 0.2) is 0 Å². The first-order valence-electron chi connectivity index (χ1n) is 8.74. The summed E-state index contributed by atoms with van der Waals surface area (Å²) in [6.07, 6.45) is 0. The molecule has 0 saturated carbocycles. The average molecular weight is 410 g/mol. The molecule has 1 heterocycles. The van der Waals surface area contributed by atoms with E-state index in [0.29, 0.717) is 5.58 Å². The first kappa shape index (κ1) is 20.4. The van der Waals surface area contributed by atoms with Crippen molar-refractivity contribution in [2.45, 2.75) is 6.92 Å². The normalized spacial score (nSPS) is 10.7. The van der Waals surface area contributed by atoms with E-state index in [9.17, 15) is 14.3 Å². The Morgan fingerprint density at radius 1 is 0.793 bits per heavy atom. The third kappa shape index (κ3) is 6.07. The molecule has 0 aliphatic carbocycles. The molecule has 0 bridgehead atoms. The van der Waals surface area contributed by atoms with Crippen molar-refractivity contribution in [3.8, 4) is 11.5 Å². The van der Waals surface area contributed by atoms with Crippen LogP contribution in [0.3, 0.4) is 0 Å². The summed E-state index contributed by atoms with van der Waals surface area (Å²) >= 11 is 0. The van der Waals surface area contributed by atoms with Crippen molar-refractivity contribution in [1.29, 1.82) is 0 Å². The highest BCUT2D eigenvalue weighted by Crippen LogP contribution is 2.44. The molecule has 0 saturated heterocycles. The van der Waals surface area contributed by atoms with Crippen LogP contribution in [0.25, 0.3) is 11.0 Å². The summed E-state index contributed by atoms with van der Waals surface area (Å²) in [5.74, 6) is 0.573. The van der Waals surface area contributed by atoms with Crippen LogP contribution in [0.2, 0.25) is 0 Å². The number of hydrogen-bond acceptors (Lipinski definition) is 5. The Bertz CT molecular complexity index is 1130. The van der Waals surface area contributed by atoms with E-state index in [4.69, 9.17) is 13.5 Å². The van der Waals surface area contributed by atoms with Gasteiger partial charge in [0.1, 0.15) is 17.1 Å². The lowest BCUT2D eigenvalue weighted by atomic mass is 10.1. The Kier molecular flexibility index (Phi) is 6.50. The Hall–Kier alpha value is -3.34. The molecule has 1 aromatic heterocycles. The second-order valence-corrected chi connectivity index (χ2v) is 7.32. The largest absolute Gasteiger partial charge is 0.584 e. The molecule has 1 N–H and O–H groups in total. The molecule has 3 aromatic carbocycles. The SMILES string of the molecule is Cc1cc(=O)oc2ccccc12.O=P(O)(Oc1ccccc1)Oc1ccccc1. The van der Waals surface area contributed by atoms with Gasteiger partial charge in [-0.1, -0.05) is 54.6 Å². The molecule has 0 spiro atoms. The molecule has 0 radical (unpaired) electrons. The van der Waals surface area contributed by atoms with Gasteiger partial charge in [0, 0.05) is 11.5 Å². The zero-order valence-electron chi connectivity index (χ0n) is 15.6. The molecule has 0 unspecified atom stereocenters. The lowest BCUT2D eigenvalue weighted by Gasteiger charge is -2.13. The summed E-state index contributed by atoms with van der Waals surface area (Å²) in [5.41, 5.74) is 1.33. The number of benzene rings is 3. The Labute approximate surface area is 167 Å². The van der Waals surface area contributed by atoms with Crippen LogP contribution in [0.4, 0.5) is 0 Å². The molecule has 0 aliphatic heterocycles. The van der Waals surface area contributed by atoms with Crippen molar-refractivity contribution < 1.29 is 22.9 Å².